The number of aliphatic hydroxyl groups excluding tert-OH is 2. The second-order valence-electron chi connectivity index (χ2n) is 7.89. The first-order valence-electron chi connectivity index (χ1n) is 9.95. The molecule has 0 radical (unpaired) electrons. The number of hydrogen-bond acceptors (Lipinski definition) is 5. The number of methoxy groups -OCH3 is 1. The van der Waals surface area contributed by atoms with Crippen LogP contribution >= 0.6 is 12.2 Å². The summed E-state index contributed by atoms with van der Waals surface area (Å²) < 4.78 is 18.6. The second kappa shape index (κ2) is 8.41. The van der Waals surface area contributed by atoms with Crippen molar-refractivity contribution in [2.45, 2.75) is 37.3 Å². The Morgan fingerprint density at radius 2 is 1.81 bits per heavy atom. The van der Waals surface area contributed by atoms with E-state index in [9.17, 15) is 19.4 Å². The molecule has 1 saturated carbocycles. The average molecular weight is 446 g/mol. The van der Waals surface area contributed by atoms with Crippen molar-refractivity contribution in [3.8, 4) is 5.75 Å². The van der Waals surface area contributed by atoms with E-state index in [0.29, 0.717) is 10.9 Å². The van der Waals surface area contributed by atoms with Gasteiger partial charge in [0.25, 0.3) is 0 Å². The lowest BCUT2D eigenvalue weighted by Crippen LogP contribution is -2.60. The van der Waals surface area contributed by atoms with Crippen LogP contribution in [0.15, 0.2) is 48.5 Å². The van der Waals surface area contributed by atoms with Crippen molar-refractivity contribution < 1.29 is 24.1 Å². The van der Waals surface area contributed by atoms with Gasteiger partial charge in [0.15, 0.2) is 5.11 Å². The number of carbonyl (C=O) groups excluding carboxylic acids is 1. The molecule has 31 heavy (non-hydrogen) atoms. The number of thiocarbonyl (C=S) groups is 1. The number of amides is 1. The second-order valence-corrected chi connectivity index (χ2v) is 8.25. The van der Waals surface area contributed by atoms with E-state index < -0.39 is 36.1 Å². The van der Waals surface area contributed by atoms with Gasteiger partial charge in [0.05, 0.1) is 31.2 Å². The Kier molecular flexibility index (Phi) is 5.83. The lowest BCUT2D eigenvalue weighted by molar-refractivity contribution is -0.129. The fraction of sp³-hybridized carbons (Fsp3) is 0.364. The van der Waals surface area contributed by atoms with E-state index in [2.05, 4.69) is 0 Å². The van der Waals surface area contributed by atoms with Crippen molar-refractivity contribution in [1.29, 1.82) is 0 Å². The number of halogens is 1. The topological polar surface area (TPSA) is 99.3 Å². The molecule has 164 valence electrons. The van der Waals surface area contributed by atoms with Crippen molar-refractivity contribution in [3.05, 3.63) is 59.9 Å². The molecule has 1 aliphatic heterocycles. The van der Waals surface area contributed by atoms with Crippen LogP contribution in [0.5, 0.6) is 5.75 Å². The Labute approximate surface area is 184 Å². The zero-order chi connectivity index (χ0) is 22.3. The van der Waals surface area contributed by atoms with E-state index in [1.54, 1.807) is 36.3 Å². The summed E-state index contributed by atoms with van der Waals surface area (Å²) in [5.74, 6) is -0.973. The van der Waals surface area contributed by atoms with E-state index in [0.717, 1.165) is 11.3 Å². The zero-order valence-corrected chi connectivity index (χ0v) is 17.7. The standard InChI is InChI=1S/C22H24FN3O4S/c1-30-15-8-6-14(7-9-15)26-18-16(21(24)29)10-17(27)20(28)19(18)25(22(26)31)11-12-2-4-13(23)5-3-12/h2-9,16-20,27-28H,10-11H2,1H3,(H2,24,29)/t16-,17-,18-,19-,20+/m1/s1. The van der Waals surface area contributed by atoms with Gasteiger partial charge in [0, 0.05) is 12.2 Å². The SMILES string of the molecule is COc1ccc(N2C(=S)N(Cc3ccc(F)cc3)[C@H]3[C@@H](O)[C@H](O)C[C@@H](C(N)=O)[C@H]32)cc1. The molecular weight excluding hydrogens is 421 g/mol. The summed E-state index contributed by atoms with van der Waals surface area (Å²) in [6, 6.07) is 12.0. The maximum atomic E-state index is 13.4. The molecule has 2 aromatic rings. The maximum absolute atomic E-state index is 13.4. The van der Waals surface area contributed by atoms with Gasteiger partial charge in [0.2, 0.25) is 5.91 Å². The number of rotatable bonds is 5. The monoisotopic (exact) mass is 445 g/mol. The highest BCUT2D eigenvalue weighted by Crippen LogP contribution is 2.41. The summed E-state index contributed by atoms with van der Waals surface area (Å²) in [5, 5.41) is 21.8. The largest absolute Gasteiger partial charge is 0.497 e. The number of anilines is 1. The van der Waals surface area contributed by atoms with Crippen molar-refractivity contribution in [3.63, 3.8) is 0 Å². The predicted molar refractivity (Wildman–Crippen MR) is 117 cm³/mol. The van der Waals surface area contributed by atoms with Crippen molar-refractivity contribution in [2.24, 2.45) is 11.7 Å². The molecule has 5 atom stereocenters. The molecule has 0 spiro atoms. The minimum atomic E-state index is -1.14. The van der Waals surface area contributed by atoms with Gasteiger partial charge in [-0.15, -0.1) is 0 Å². The molecule has 1 aliphatic carbocycles. The molecule has 0 aromatic heterocycles. The molecule has 2 aromatic carbocycles. The number of primary amides is 1. The molecule has 2 fully saturated rings. The lowest BCUT2D eigenvalue weighted by Gasteiger charge is -2.42. The van der Waals surface area contributed by atoms with Crippen LogP contribution in [0.3, 0.4) is 0 Å². The molecule has 2 aliphatic rings. The first kappa shape index (κ1) is 21.5. The van der Waals surface area contributed by atoms with Crippen LogP contribution in [0.1, 0.15) is 12.0 Å². The molecule has 7 nitrogen and oxygen atoms in total. The van der Waals surface area contributed by atoms with E-state index in [1.807, 2.05) is 17.0 Å². The smallest absolute Gasteiger partial charge is 0.222 e. The van der Waals surface area contributed by atoms with Crippen LogP contribution < -0.4 is 15.4 Å². The number of benzene rings is 2. The molecule has 1 amide bonds. The number of ether oxygens (including phenoxy) is 1. The Morgan fingerprint density at radius 1 is 1.16 bits per heavy atom. The van der Waals surface area contributed by atoms with Crippen LogP contribution in [0.25, 0.3) is 0 Å². The fourth-order valence-corrected chi connectivity index (χ4v) is 4.98. The van der Waals surface area contributed by atoms with E-state index in [4.69, 9.17) is 22.7 Å². The summed E-state index contributed by atoms with van der Waals surface area (Å²) in [4.78, 5) is 15.9. The molecule has 0 bridgehead atoms. The van der Waals surface area contributed by atoms with Crippen LogP contribution in [0, 0.1) is 11.7 Å². The Bertz CT molecular complexity index is 972. The van der Waals surface area contributed by atoms with Crippen LogP contribution in [-0.4, -0.2) is 57.5 Å². The summed E-state index contributed by atoms with van der Waals surface area (Å²) >= 11 is 5.78. The van der Waals surface area contributed by atoms with Crippen LogP contribution in [0.2, 0.25) is 0 Å². The van der Waals surface area contributed by atoms with Gasteiger partial charge in [-0.2, -0.15) is 0 Å². The predicted octanol–water partition coefficient (Wildman–Crippen LogP) is 1.41. The minimum Gasteiger partial charge on any atom is -0.497 e. The summed E-state index contributed by atoms with van der Waals surface area (Å²) in [6.45, 7) is 0.280. The Hall–Kier alpha value is -2.75. The summed E-state index contributed by atoms with van der Waals surface area (Å²) in [6.07, 6.45) is -2.22. The highest BCUT2D eigenvalue weighted by Gasteiger charge is 2.56. The molecule has 4 N–H and O–H groups in total. The van der Waals surface area contributed by atoms with Gasteiger partial charge >= 0.3 is 0 Å². The molecule has 1 saturated heterocycles. The van der Waals surface area contributed by atoms with Crippen molar-refractivity contribution >= 4 is 28.9 Å². The van der Waals surface area contributed by atoms with Gasteiger partial charge < -0.3 is 30.5 Å². The first-order chi connectivity index (χ1) is 14.8. The zero-order valence-electron chi connectivity index (χ0n) is 16.9. The average Bonchev–Trinajstić information content (AvgIpc) is 3.04. The van der Waals surface area contributed by atoms with Gasteiger partial charge in [0.1, 0.15) is 17.7 Å². The lowest BCUT2D eigenvalue weighted by atomic mass is 9.76. The van der Waals surface area contributed by atoms with Crippen molar-refractivity contribution in [2.75, 3.05) is 12.0 Å². The van der Waals surface area contributed by atoms with E-state index in [-0.39, 0.29) is 18.8 Å². The number of fused-ring (bicyclic) bond motifs is 1. The van der Waals surface area contributed by atoms with Gasteiger partial charge in [-0.05, 0) is 60.6 Å². The molecular formula is C22H24FN3O4S. The number of nitrogens with zero attached hydrogens (tertiary/aromatic N) is 2. The molecule has 9 heteroatoms. The maximum Gasteiger partial charge on any atom is 0.222 e. The van der Waals surface area contributed by atoms with Gasteiger partial charge in [-0.1, -0.05) is 12.1 Å². The van der Waals surface area contributed by atoms with E-state index >= 15 is 0 Å². The third-order valence-electron chi connectivity index (χ3n) is 6.09. The highest BCUT2D eigenvalue weighted by molar-refractivity contribution is 7.80. The Morgan fingerprint density at radius 3 is 2.39 bits per heavy atom. The first-order valence-corrected chi connectivity index (χ1v) is 10.4. The van der Waals surface area contributed by atoms with Crippen molar-refractivity contribution in [1.82, 2.24) is 4.90 Å². The molecule has 0 unspecified atom stereocenters. The number of aliphatic hydroxyl groups is 2. The summed E-state index contributed by atoms with van der Waals surface area (Å²) in [5.41, 5.74) is 7.19. The van der Waals surface area contributed by atoms with E-state index in [1.165, 1.54) is 12.1 Å². The molecule has 4 rings (SSSR count). The quantitative estimate of drug-likeness (QED) is 0.599. The van der Waals surface area contributed by atoms with Crippen LogP contribution in [-0.2, 0) is 11.3 Å². The minimum absolute atomic E-state index is 0.0390. The van der Waals surface area contributed by atoms with Crippen LogP contribution in [0.4, 0.5) is 10.1 Å². The van der Waals surface area contributed by atoms with Gasteiger partial charge in [-0.25, -0.2) is 4.39 Å². The number of nitrogens with two attached hydrogens (primary N) is 1. The number of hydrogen-bond donors (Lipinski definition) is 3. The van der Waals surface area contributed by atoms with Gasteiger partial charge in [-0.3, -0.25) is 4.79 Å². The normalized spacial score (nSPS) is 27.9. The number of carbonyl (C=O) groups is 1. The fourth-order valence-electron chi connectivity index (χ4n) is 4.57. The third kappa shape index (κ3) is 3.84. The Balaban J connectivity index is 1.77. The third-order valence-corrected chi connectivity index (χ3v) is 6.52. The summed E-state index contributed by atoms with van der Waals surface area (Å²) in [7, 11) is 1.57. The highest BCUT2D eigenvalue weighted by atomic mass is 32.1. The molecule has 1 heterocycles.